The minimum atomic E-state index is -1.91. The molecule has 0 spiro atoms. The van der Waals surface area contributed by atoms with E-state index >= 15 is 0 Å². The fourth-order valence-electron chi connectivity index (χ4n) is 9.55. The van der Waals surface area contributed by atoms with Crippen LogP contribution in [0.2, 0.25) is 0 Å². The van der Waals surface area contributed by atoms with E-state index in [1.807, 2.05) is 0 Å². The molecule has 456 valence electrons. The van der Waals surface area contributed by atoms with E-state index in [2.05, 4.69) is 81.5 Å². The van der Waals surface area contributed by atoms with Crippen molar-refractivity contribution in [2.24, 2.45) is 0 Å². The molecule has 79 heavy (non-hydrogen) atoms. The topological polar surface area (TPSA) is 175 Å². The molecule has 0 aliphatic carbocycles. The van der Waals surface area contributed by atoms with Crippen LogP contribution in [0, 0.1) is 0 Å². The maximum atomic E-state index is 13.2. The summed E-state index contributed by atoms with van der Waals surface area (Å²) >= 11 is 0. The number of allylic oxidation sites excluding steroid dienone is 10. The normalized spacial score (nSPS) is 18.2. The SMILES string of the molecule is CCC/C=C\C/C=C\CCCCCCCC(=O)OC(COC(=O)CCCCCCCCCCC/C=C\C/C=C\CCCCC)COC1OC(C(=O)O)C(O)C(O)C1OC(=O)CCCCCCCCC/C=C\CCCCCCCC. The van der Waals surface area contributed by atoms with Gasteiger partial charge in [-0.3, -0.25) is 14.4 Å². The number of aliphatic hydroxyl groups is 2. The molecule has 0 aromatic heterocycles. The number of hydrogen-bond acceptors (Lipinski definition) is 11. The van der Waals surface area contributed by atoms with E-state index in [0.717, 1.165) is 116 Å². The molecule has 1 rings (SSSR count). The lowest BCUT2D eigenvalue weighted by molar-refractivity contribution is -0.301. The van der Waals surface area contributed by atoms with Crippen LogP contribution in [0.25, 0.3) is 0 Å². The summed E-state index contributed by atoms with van der Waals surface area (Å²) < 4.78 is 28.5. The second-order valence-corrected chi connectivity index (χ2v) is 22.0. The molecule has 1 fully saturated rings. The predicted molar refractivity (Wildman–Crippen MR) is 322 cm³/mol. The minimum absolute atomic E-state index is 0.0539. The summed E-state index contributed by atoms with van der Waals surface area (Å²) in [5.41, 5.74) is 0. The first kappa shape index (κ1) is 73.4. The Morgan fingerprint density at radius 1 is 0.418 bits per heavy atom. The number of aliphatic hydroxyl groups excluding tert-OH is 2. The summed E-state index contributed by atoms with van der Waals surface area (Å²) in [5, 5.41) is 31.6. The van der Waals surface area contributed by atoms with Gasteiger partial charge in [-0.1, -0.05) is 229 Å². The lowest BCUT2D eigenvalue weighted by Gasteiger charge is -2.40. The van der Waals surface area contributed by atoms with Crippen LogP contribution in [0.1, 0.15) is 290 Å². The molecule has 6 atom stereocenters. The van der Waals surface area contributed by atoms with Crippen LogP contribution in [0.3, 0.4) is 0 Å². The first-order valence-corrected chi connectivity index (χ1v) is 32.3. The van der Waals surface area contributed by atoms with Gasteiger partial charge in [0.1, 0.15) is 18.8 Å². The second-order valence-electron chi connectivity index (χ2n) is 22.0. The number of carboxylic acid groups (broad SMARTS) is 1. The highest BCUT2D eigenvalue weighted by atomic mass is 16.7. The van der Waals surface area contributed by atoms with E-state index in [0.29, 0.717) is 19.3 Å². The van der Waals surface area contributed by atoms with Gasteiger partial charge in [-0.2, -0.15) is 0 Å². The molecule has 6 unspecified atom stereocenters. The maximum Gasteiger partial charge on any atom is 0.335 e. The number of esters is 3. The van der Waals surface area contributed by atoms with Crippen molar-refractivity contribution in [3.63, 3.8) is 0 Å². The number of ether oxygens (including phenoxy) is 5. The van der Waals surface area contributed by atoms with Crippen molar-refractivity contribution >= 4 is 23.9 Å². The Balaban J connectivity index is 2.65. The third-order valence-corrected chi connectivity index (χ3v) is 14.5. The molecule has 12 heteroatoms. The Morgan fingerprint density at radius 2 is 0.785 bits per heavy atom. The van der Waals surface area contributed by atoms with E-state index in [-0.39, 0.29) is 25.9 Å². The molecule has 1 aliphatic heterocycles. The molecular weight excluding hydrogens is 997 g/mol. The number of rotatable bonds is 55. The molecule has 0 bridgehead atoms. The fourth-order valence-corrected chi connectivity index (χ4v) is 9.55. The van der Waals surface area contributed by atoms with Crippen molar-refractivity contribution in [3.8, 4) is 0 Å². The average Bonchev–Trinajstić information content (AvgIpc) is 3.44. The van der Waals surface area contributed by atoms with E-state index in [1.165, 1.54) is 116 Å². The van der Waals surface area contributed by atoms with Gasteiger partial charge in [0, 0.05) is 19.3 Å². The highest BCUT2D eigenvalue weighted by Gasteiger charge is 2.50. The van der Waals surface area contributed by atoms with Gasteiger partial charge in [0.05, 0.1) is 6.61 Å². The van der Waals surface area contributed by atoms with Crippen LogP contribution in [0.15, 0.2) is 60.8 Å². The minimum Gasteiger partial charge on any atom is -0.479 e. The van der Waals surface area contributed by atoms with Crippen molar-refractivity contribution in [1.29, 1.82) is 0 Å². The van der Waals surface area contributed by atoms with Gasteiger partial charge < -0.3 is 39.0 Å². The Kier molecular flexibility index (Phi) is 51.1. The molecule has 0 aromatic rings. The van der Waals surface area contributed by atoms with Gasteiger partial charge >= 0.3 is 23.9 Å². The largest absolute Gasteiger partial charge is 0.479 e. The summed E-state index contributed by atoms with van der Waals surface area (Å²) in [6.45, 7) is 5.91. The monoisotopic (exact) mass is 1110 g/mol. The van der Waals surface area contributed by atoms with Crippen LogP contribution in [-0.4, -0.2) is 89.2 Å². The molecule has 0 aromatic carbocycles. The number of carbonyl (C=O) groups excluding carboxylic acids is 3. The summed E-state index contributed by atoms with van der Waals surface area (Å²) in [4.78, 5) is 51.3. The Bertz CT molecular complexity index is 1600. The highest BCUT2D eigenvalue weighted by Crippen LogP contribution is 2.27. The summed E-state index contributed by atoms with van der Waals surface area (Å²) in [5.74, 6) is -3.13. The van der Waals surface area contributed by atoms with Crippen LogP contribution in [0.5, 0.6) is 0 Å². The number of unbranched alkanes of at least 4 members (excludes halogenated alkanes) is 31. The van der Waals surface area contributed by atoms with Crippen LogP contribution in [0.4, 0.5) is 0 Å². The lowest BCUT2D eigenvalue weighted by Crippen LogP contribution is -2.61. The average molecular weight is 1110 g/mol. The van der Waals surface area contributed by atoms with Gasteiger partial charge in [0.15, 0.2) is 24.6 Å². The highest BCUT2D eigenvalue weighted by molar-refractivity contribution is 5.74. The van der Waals surface area contributed by atoms with E-state index in [1.54, 1.807) is 0 Å². The lowest BCUT2D eigenvalue weighted by atomic mass is 9.98. The van der Waals surface area contributed by atoms with Gasteiger partial charge in [-0.05, 0) is 103 Å². The molecule has 1 aliphatic rings. The number of carbonyl (C=O) groups is 4. The third-order valence-electron chi connectivity index (χ3n) is 14.5. The third kappa shape index (κ3) is 44.7. The molecule has 1 heterocycles. The molecule has 3 N–H and O–H groups in total. The number of carboxylic acids is 1. The van der Waals surface area contributed by atoms with E-state index < -0.39 is 67.3 Å². The molecule has 12 nitrogen and oxygen atoms in total. The fraction of sp³-hybridized carbons (Fsp3) is 0.791. The van der Waals surface area contributed by atoms with Crippen LogP contribution < -0.4 is 0 Å². The van der Waals surface area contributed by atoms with E-state index in [4.69, 9.17) is 23.7 Å². The Labute approximate surface area is 481 Å². The Hall–Kier alpha value is -3.58. The summed E-state index contributed by atoms with van der Waals surface area (Å²) in [6, 6.07) is 0. The van der Waals surface area contributed by atoms with Crippen molar-refractivity contribution in [2.75, 3.05) is 13.2 Å². The van der Waals surface area contributed by atoms with E-state index in [9.17, 15) is 34.5 Å². The molecule has 0 amide bonds. The van der Waals surface area contributed by atoms with Crippen molar-refractivity contribution in [2.45, 2.75) is 327 Å². The number of aliphatic carboxylic acids is 1. The van der Waals surface area contributed by atoms with Gasteiger partial charge in [0.25, 0.3) is 0 Å². The predicted octanol–water partition coefficient (Wildman–Crippen LogP) is 17.1. The van der Waals surface area contributed by atoms with Crippen LogP contribution in [-0.2, 0) is 42.9 Å². The van der Waals surface area contributed by atoms with Crippen LogP contribution >= 0.6 is 0 Å². The summed E-state index contributed by atoms with van der Waals surface area (Å²) in [6.07, 6.45) is 56.1. The zero-order valence-corrected chi connectivity index (χ0v) is 50.4. The number of hydrogen-bond donors (Lipinski definition) is 3. The van der Waals surface area contributed by atoms with Gasteiger partial charge in [-0.25, -0.2) is 4.79 Å². The molecule has 0 saturated carbocycles. The first-order chi connectivity index (χ1) is 38.6. The molecule has 1 saturated heterocycles. The molecular formula is C67H116O12. The zero-order chi connectivity index (χ0) is 57.5. The Morgan fingerprint density at radius 3 is 1.23 bits per heavy atom. The van der Waals surface area contributed by atoms with Crippen molar-refractivity contribution < 1.29 is 58.2 Å². The standard InChI is InChI=1S/C67H116O12/c1-4-7-10-13-16-19-22-25-27-29-30-32-33-36-38-41-44-47-50-53-59(68)75-56-58(77-60(69)54-51-48-45-42-39-35-24-21-18-15-12-9-6-3)57-76-67-65(63(72)62(71)64(79-67)66(73)74)78-61(70)55-52-49-46-43-40-37-34-31-28-26-23-20-17-14-11-8-5-2/h12,15-16,19,21,24-28,58,62-65,67,71-72H,4-11,13-14,17-18,20,22-23,29-57H2,1-3H3,(H,73,74)/b15-12-,19-16-,24-21-,27-25-,28-26-. The van der Waals surface area contributed by atoms with Crippen molar-refractivity contribution in [1.82, 2.24) is 0 Å². The van der Waals surface area contributed by atoms with Gasteiger partial charge in [-0.15, -0.1) is 0 Å². The quantitative estimate of drug-likeness (QED) is 0.0228. The smallest absolute Gasteiger partial charge is 0.335 e. The first-order valence-electron chi connectivity index (χ1n) is 32.3. The van der Waals surface area contributed by atoms with Crippen molar-refractivity contribution in [3.05, 3.63) is 60.8 Å². The second kappa shape index (κ2) is 55.0. The summed E-state index contributed by atoms with van der Waals surface area (Å²) in [7, 11) is 0. The van der Waals surface area contributed by atoms with Gasteiger partial charge in [0.2, 0.25) is 0 Å². The molecule has 0 radical (unpaired) electrons. The maximum absolute atomic E-state index is 13.2. The zero-order valence-electron chi connectivity index (χ0n) is 50.4.